The van der Waals surface area contributed by atoms with Crippen LogP contribution in [0.3, 0.4) is 0 Å². The lowest BCUT2D eigenvalue weighted by atomic mass is 9.86. The minimum atomic E-state index is -0.0482. The Labute approximate surface area is 184 Å². The van der Waals surface area contributed by atoms with Crippen molar-refractivity contribution in [3.63, 3.8) is 0 Å². The number of carbonyl (C=O) groups excluding carboxylic acids is 2. The van der Waals surface area contributed by atoms with Gasteiger partial charge in [0.1, 0.15) is 0 Å². The Bertz CT molecular complexity index is 1120. The highest BCUT2D eigenvalue weighted by Gasteiger charge is 2.29. The van der Waals surface area contributed by atoms with Crippen molar-refractivity contribution < 1.29 is 9.59 Å². The monoisotopic (exact) mass is 414 g/mol. The number of amides is 2. The fraction of sp³-hybridized carbons (Fsp3) is 0.333. The van der Waals surface area contributed by atoms with Gasteiger partial charge in [-0.15, -0.1) is 0 Å². The number of nitrogens with zero attached hydrogens (tertiary/aromatic N) is 1. The van der Waals surface area contributed by atoms with Crippen LogP contribution in [0.25, 0.3) is 10.8 Å². The average Bonchev–Trinajstić information content (AvgIpc) is 3.01. The molecule has 0 radical (unpaired) electrons. The number of anilines is 1. The molecule has 4 nitrogen and oxygen atoms in total. The van der Waals surface area contributed by atoms with Crippen LogP contribution in [0, 0.1) is 0 Å². The Morgan fingerprint density at radius 2 is 1.68 bits per heavy atom. The maximum atomic E-state index is 12.8. The van der Waals surface area contributed by atoms with Gasteiger partial charge < -0.3 is 10.2 Å². The normalized spacial score (nSPS) is 14.2. The van der Waals surface area contributed by atoms with Crippen molar-refractivity contribution in [2.24, 2.45) is 0 Å². The molecule has 4 heteroatoms. The van der Waals surface area contributed by atoms with Gasteiger partial charge in [0.2, 0.25) is 5.91 Å². The van der Waals surface area contributed by atoms with E-state index < -0.39 is 0 Å². The maximum Gasteiger partial charge on any atom is 0.258 e. The molecule has 0 fully saturated rings. The van der Waals surface area contributed by atoms with E-state index in [2.05, 4.69) is 50.4 Å². The zero-order chi connectivity index (χ0) is 22.2. The Kier molecular flexibility index (Phi) is 5.57. The quantitative estimate of drug-likeness (QED) is 0.558. The molecule has 1 N–H and O–H groups in total. The van der Waals surface area contributed by atoms with Gasteiger partial charge in [-0.05, 0) is 47.4 Å². The standard InChI is InChI=1S/C27H30N2O2/c1-18(19-13-15-21(16-14-19)27(2,3)4)28-24(30)12-7-17-29-23-11-6-9-20-8-5-10-22(25(20)23)26(29)31/h5-6,8-11,13-16,18H,7,12,17H2,1-4H3,(H,28,30). The second-order valence-electron chi connectivity index (χ2n) is 9.40. The van der Waals surface area contributed by atoms with Crippen LogP contribution in [-0.4, -0.2) is 18.4 Å². The molecule has 0 saturated carbocycles. The SMILES string of the molecule is CC(NC(=O)CCCN1C(=O)c2cccc3cccc1c23)c1ccc(C(C)(C)C)cc1. The van der Waals surface area contributed by atoms with Crippen LogP contribution in [0.4, 0.5) is 5.69 Å². The molecule has 0 aliphatic carbocycles. The summed E-state index contributed by atoms with van der Waals surface area (Å²) < 4.78 is 0. The van der Waals surface area contributed by atoms with E-state index in [4.69, 9.17) is 0 Å². The summed E-state index contributed by atoms with van der Waals surface area (Å²) in [6.07, 6.45) is 1.01. The molecule has 0 saturated heterocycles. The fourth-order valence-corrected chi connectivity index (χ4v) is 4.27. The topological polar surface area (TPSA) is 49.4 Å². The van der Waals surface area contributed by atoms with Gasteiger partial charge in [-0.1, -0.05) is 69.3 Å². The van der Waals surface area contributed by atoms with Gasteiger partial charge in [0.05, 0.1) is 11.7 Å². The summed E-state index contributed by atoms with van der Waals surface area (Å²) in [5, 5.41) is 5.18. The summed E-state index contributed by atoms with van der Waals surface area (Å²) in [5.41, 5.74) is 4.19. The molecule has 0 aromatic heterocycles. The molecule has 31 heavy (non-hydrogen) atoms. The third-order valence-corrected chi connectivity index (χ3v) is 6.09. The highest BCUT2D eigenvalue weighted by Crippen LogP contribution is 2.37. The van der Waals surface area contributed by atoms with Gasteiger partial charge >= 0.3 is 0 Å². The number of carbonyl (C=O) groups is 2. The molecule has 160 valence electrons. The van der Waals surface area contributed by atoms with E-state index >= 15 is 0 Å². The lowest BCUT2D eigenvalue weighted by Crippen LogP contribution is -2.30. The number of rotatable bonds is 6. The van der Waals surface area contributed by atoms with Crippen molar-refractivity contribution in [3.05, 3.63) is 77.4 Å². The van der Waals surface area contributed by atoms with Crippen molar-refractivity contribution in [2.45, 2.75) is 52.0 Å². The van der Waals surface area contributed by atoms with E-state index in [1.165, 1.54) is 5.56 Å². The van der Waals surface area contributed by atoms with E-state index in [0.717, 1.165) is 27.6 Å². The minimum Gasteiger partial charge on any atom is -0.350 e. The zero-order valence-electron chi connectivity index (χ0n) is 18.7. The van der Waals surface area contributed by atoms with Crippen molar-refractivity contribution in [3.8, 4) is 0 Å². The molecule has 4 rings (SSSR count). The predicted molar refractivity (Wildman–Crippen MR) is 127 cm³/mol. The molecule has 0 spiro atoms. The van der Waals surface area contributed by atoms with Crippen LogP contribution in [0.2, 0.25) is 0 Å². The van der Waals surface area contributed by atoms with Crippen molar-refractivity contribution in [2.75, 3.05) is 11.4 Å². The van der Waals surface area contributed by atoms with Crippen LogP contribution in [0.15, 0.2) is 60.7 Å². The van der Waals surface area contributed by atoms with Crippen molar-refractivity contribution >= 4 is 28.3 Å². The van der Waals surface area contributed by atoms with Crippen LogP contribution >= 0.6 is 0 Å². The summed E-state index contributed by atoms with van der Waals surface area (Å²) in [6.45, 7) is 9.12. The van der Waals surface area contributed by atoms with Gasteiger partial charge in [-0.25, -0.2) is 0 Å². The average molecular weight is 415 g/mol. The van der Waals surface area contributed by atoms with Crippen molar-refractivity contribution in [1.82, 2.24) is 5.32 Å². The second kappa shape index (κ2) is 8.18. The van der Waals surface area contributed by atoms with Gasteiger partial charge in [0.15, 0.2) is 0 Å². The van der Waals surface area contributed by atoms with Gasteiger partial charge in [-0.2, -0.15) is 0 Å². The molecular weight excluding hydrogens is 384 g/mol. The number of benzene rings is 3. The Morgan fingerprint density at radius 3 is 2.35 bits per heavy atom. The van der Waals surface area contributed by atoms with E-state index in [1.807, 2.05) is 43.3 Å². The van der Waals surface area contributed by atoms with E-state index in [-0.39, 0.29) is 23.3 Å². The highest BCUT2D eigenvalue weighted by molar-refractivity contribution is 6.25. The fourth-order valence-electron chi connectivity index (χ4n) is 4.27. The minimum absolute atomic E-state index is 0.00904. The third-order valence-electron chi connectivity index (χ3n) is 6.09. The lowest BCUT2D eigenvalue weighted by molar-refractivity contribution is -0.121. The molecule has 0 bridgehead atoms. The summed E-state index contributed by atoms with van der Waals surface area (Å²) >= 11 is 0. The third kappa shape index (κ3) is 4.20. The van der Waals surface area contributed by atoms with Gasteiger partial charge in [0.25, 0.3) is 5.91 Å². The first-order valence-corrected chi connectivity index (χ1v) is 11.0. The van der Waals surface area contributed by atoms with E-state index in [0.29, 0.717) is 19.4 Å². The molecule has 1 aliphatic rings. The molecule has 3 aromatic rings. The summed E-state index contributed by atoms with van der Waals surface area (Å²) in [5.74, 6) is 0.0364. The summed E-state index contributed by atoms with van der Waals surface area (Å²) in [7, 11) is 0. The zero-order valence-corrected chi connectivity index (χ0v) is 18.7. The maximum absolute atomic E-state index is 12.8. The first-order valence-electron chi connectivity index (χ1n) is 11.0. The number of hydrogen-bond acceptors (Lipinski definition) is 2. The first kappa shape index (κ1) is 21.1. The Hall–Kier alpha value is -3.14. The van der Waals surface area contributed by atoms with Gasteiger partial charge in [-0.3, -0.25) is 9.59 Å². The van der Waals surface area contributed by atoms with E-state index in [1.54, 1.807) is 4.90 Å². The molecule has 2 amide bonds. The Morgan fingerprint density at radius 1 is 1.00 bits per heavy atom. The van der Waals surface area contributed by atoms with Gasteiger partial charge in [0, 0.05) is 23.9 Å². The molecule has 1 heterocycles. The van der Waals surface area contributed by atoms with Crippen LogP contribution in [-0.2, 0) is 10.2 Å². The van der Waals surface area contributed by atoms with Crippen LogP contribution in [0.5, 0.6) is 0 Å². The smallest absolute Gasteiger partial charge is 0.258 e. The largest absolute Gasteiger partial charge is 0.350 e. The number of hydrogen-bond donors (Lipinski definition) is 1. The second-order valence-corrected chi connectivity index (χ2v) is 9.40. The lowest BCUT2D eigenvalue weighted by Gasteiger charge is -2.21. The molecule has 3 aromatic carbocycles. The van der Waals surface area contributed by atoms with Crippen LogP contribution in [0.1, 0.15) is 68.1 Å². The molecule has 1 unspecified atom stereocenters. The molecular formula is C27H30N2O2. The predicted octanol–water partition coefficient (Wildman–Crippen LogP) is 5.76. The first-order chi connectivity index (χ1) is 14.8. The molecule has 1 aliphatic heterocycles. The Balaban J connectivity index is 1.33. The number of nitrogens with one attached hydrogen (secondary N) is 1. The summed E-state index contributed by atoms with van der Waals surface area (Å²) in [4.78, 5) is 27.1. The molecule has 1 atom stereocenters. The van der Waals surface area contributed by atoms with Crippen molar-refractivity contribution in [1.29, 1.82) is 0 Å². The summed E-state index contributed by atoms with van der Waals surface area (Å²) in [6, 6.07) is 20.2. The van der Waals surface area contributed by atoms with E-state index in [9.17, 15) is 9.59 Å². The highest BCUT2D eigenvalue weighted by atomic mass is 16.2. The van der Waals surface area contributed by atoms with Crippen LogP contribution < -0.4 is 10.2 Å².